The molecule has 2 aromatic heterocycles. The van der Waals surface area contributed by atoms with Crippen molar-refractivity contribution in [3.8, 4) is 5.75 Å². The second kappa shape index (κ2) is 8.71. The van der Waals surface area contributed by atoms with Crippen LogP contribution in [-0.2, 0) is 11.3 Å². The van der Waals surface area contributed by atoms with Crippen molar-refractivity contribution in [2.45, 2.75) is 26.9 Å². The number of hydrogen-bond donors (Lipinski definition) is 1. The van der Waals surface area contributed by atoms with E-state index in [9.17, 15) is 4.79 Å². The number of furan rings is 1. The SMILES string of the molecule is CNC(=O)c1c(C)oc2cc(OC3=CC=CC4(C)CC(OCc5ccccn5)=CC=C34)ccc12. The Balaban J connectivity index is 1.37. The van der Waals surface area contributed by atoms with Gasteiger partial charge in [-0.05, 0) is 43.3 Å². The molecule has 2 heterocycles. The summed E-state index contributed by atoms with van der Waals surface area (Å²) in [5.41, 5.74) is 2.91. The minimum atomic E-state index is -0.240. The van der Waals surface area contributed by atoms with Crippen molar-refractivity contribution < 1.29 is 18.7 Å². The van der Waals surface area contributed by atoms with Gasteiger partial charge in [0.05, 0.1) is 17.0 Å². The predicted molar refractivity (Wildman–Crippen MR) is 130 cm³/mol. The molecule has 0 spiro atoms. The predicted octanol–water partition coefficient (Wildman–Crippen LogP) is 5.77. The van der Waals surface area contributed by atoms with Crippen molar-refractivity contribution in [2.75, 3.05) is 7.05 Å². The number of pyridine rings is 1. The van der Waals surface area contributed by atoms with Crippen LogP contribution in [0.2, 0.25) is 0 Å². The fourth-order valence-corrected chi connectivity index (χ4v) is 4.47. The lowest BCUT2D eigenvalue weighted by Crippen LogP contribution is -2.25. The number of amides is 1. The molecule has 6 heteroatoms. The van der Waals surface area contributed by atoms with Gasteiger partial charge in [-0.15, -0.1) is 0 Å². The van der Waals surface area contributed by atoms with Crippen molar-refractivity contribution >= 4 is 16.9 Å². The first-order valence-electron chi connectivity index (χ1n) is 11.2. The van der Waals surface area contributed by atoms with Gasteiger partial charge in [0.15, 0.2) is 0 Å². The highest BCUT2D eigenvalue weighted by molar-refractivity contribution is 6.07. The summed E-state index contributed by atoms with van der Waals surface area (Å²) in [4.78, 5) is 16.5. The molecule has 1 unspecified atom stereocenters. The molecular weight excluding hydrogens is 428 g/mol. The molecule has 0 fully saturated rings. The van der Waals surface area contributed by atoms with E-state index in [0.29, 0.717) is 29.3 Å². The molecule has 1 aromatic carbocycles. The van der Waals surface area contributed by atoms with E-state index < -0.39 is 0 Å². The van der Waals surface area contributed by atoms with Crippen LogP contribution < -0.4 is 10.1 Å². The summed E-state index contributed by atoms with van der Waals surface area (Å²) < 4.78 is 18.2. The van der Waals surface area contributed by atoms with Gasteiger partial charge >= 0.3 is 0 Å². The molecule has 1 atom stereocenters. The van der Waals surface area contributed by atoms with E-state index in [0.717, 1.165) is 34.6 Å². The Morgan fingerprint density at radius 2 is 2.09 bits per heavy atom. The first-order valence-corrected chi connectivity index (χ1v) is 11.2. The summed E-state index contributed by atoms with van der Waals surface area (Å²) in [6, 6.07) is 11.4. The molecule has 0 saturated heterocycles. The van der Waals surface area contributed by atoms with Crippen molar-refractivity contribution in [3.63, 3.8) is 0 Å². The van der Waals surface area contributed by atoms with Crippen LogP contribution in [0, 0.1) is 12.3 Å². The zero-order valence-corrected chi connectivity index (χ0v) is 19.4. The standard InChI is InChI=1S/C28H26N2O4/c1-18-26(27(31)29-3)22-11-9-20(15-25(22)33-18)34-24-8-6-13-28(2)16-21(10-12-23(24)28)32-17-19-7-4-5-14-30-19/h4-15H,16-17H2,1-3H3,(H,29,31). The summed E-state index contributed by atoms with van der Waals surface area (Å²) in [5, 5.41) is 3.43. The van der Waals surface area contributed by atoms with Crippen LogP contribution in [0.4, 0.5) is 0 Å². The van der Waals surface area contributed by atoms with Gasteiger partial charge in [-0.2, -0.15) is 0 Å². The Hall–Kier alpha value is -4.06. The highest BCUT2D eigenvalue weighted by Gasteiger charge is 2.35. The van der Waals surface area contributed by atoms with Crippen LogP contribution in [-0.4, -0.2) is 17.9 Å². The van der Waals surface area contributed by atoms with Gasteiger partial charge < -0.3 is 19.2 Å². The maximum atomic E-state index is 12.2. The van der Waals surface area contributed by atoms with Gasteiger partial charge in [-0.1, -0.05) is 31.2 Å². The quantitative estimate of drug-likeness (QED) is 0.512. The maximum absolute atomic E-state index is 12.2. The van der Waals surface area contributed by atoms with Crippen molar-refractivity contribution in [1.82, 2.24) is 10.3 Å². The lowest BCUT2D eigenvalue weighted by molar-refractivity contribution is 0.0963. The summed E-state index contributed by atoms with van der Waals surface area (Å²) in [7, 11) is 1.61. The number of carbonyl (C=O) groups excluding carboxylic acids is 1. The second-order valence-electron chi connectivity index (χ2n) is 8.68. The highest BCUT2D eigenvalue weighted by Crippen LogP contribution is 2.45. The van der Waals surface area contributed by atoms with Gasteiger partial charge in [0.1, 0.15) is 29.5 Å². The first-order chi connectivity index (χ1) is 16.5. The van der Waals surface area contributed by atoms with Crippen LogP contribution in [0.5, 0.6) is 5.75 Å². The third-order valence-electron chi connectivity index (χ3n) is 6.22. The molecule has 0 saturated carbocycles. The molecule has 3 aromatic rings. The van der Waals surface area contributed by atoms with E-state index in [-0.39, 0.29) is 11.3 Å². The van der Waals surface area contributed by atoms with E-state index in [1.165, 1.54) is 0 Å². The lowest BCUT2D eigenvalue weighted by Gasteiger charge is -2.35. The van der Waals surface area contributed by atoms with Gasteiger partial charge in [-0.25, -0.2) is 0 Å². The van der Waals surface area contributed by atoms with Crippen molar-refractivity contribution in [2.24, 2.45) is 5.41 Å². The monoisotopic (exact) mass is 454 g/mol. The molecular formula is C28H26N2O4. The number of aromatic nitrogens is 1. The van der Waals surface area contributed by atoms with E-state index in [4.69, 9.17) is 13.9 Å². The number of nitrogens with one attached hydrogen (secondary N) is 1. The van der Waals surface area contributed by atoms with Crippen molar-refractivity contribution in [3.05, 3.63) is 107 Å². The summed E-state index contributed by atoms with van der Waals surface area (Å²) in [6.45, 7) is 4.41. The average Bonchev–Trinajstić information content (AvgIpc) is 3.17. The molecule has 0 radical (unpaired) electrons. The second-order valence-corrected chi connectivity index (χ2v) is 8.68. The number of fused-ring (bicyclic) bond motifs is 2. The molecule has 172 valence electrons. The molecule has 1 N–H and O–H groups in total. The van der Waals surface area contributed by atoms with Crippen LogP contribution >= 0.6 is 0 Å². The number of aryl methyl sites for hydroxylation is 1. The number of ether oxygens (including phenoxy) is 2. The minimum absolute atomic E-state index is 0.166. The maximum Gasteiger partial charge on any atom is 0.255 e. The number of hydrogen-bond acceptors (Lipinski definition) is 5. The smallest absolute Gasteiger partial charge is 0.255 e. The van der Waals surface area contributed by atoms with Crippen LogP contribution in [0.1, 0.15) is 35.2 Å². The topological polar surface area (TPSA) is 73.6 Å². The molecule has 0 bridgehead atoms. The van der Waals surface area contributed by atoms with Crippen LogP contribution in [0.3, 0.4) is 0 Å². The summed E-state index contributed by atoms with van der Waals surface area (Å²) >= 11 is 0. The summed E-state index contributed by atoms with van der Waals surface area (Å²) in [6.07, 6.45) is 12.7. The normalized spacial score (nSPS) is 19.1. The molecule has 5 rings (SSSR count). The van der Waals surface area contributed by atoms with E-state index >= 15 is 0 Å². The minimum Gasteiger partial charge on any atom is -0.492 e. The Morgan fingerprint density at radius 1 is 1.21 bits per heavy atom. The van der Waals surface area contributed by atoms with Gasteiger partial charge in [0.25, 0.3) is 5.91 Å². The Morgan fingerprint density at radius 3 is 2.88 bits per heavy atom. The third-order valence-corrected chi connectivity index (χ3v) is 6.22. The summed E-state index contributed by atoms with van der Waals surface area (Å²) in [5.74, 6) is 2.75. The fourth-order valence-electron chi connectivity index (χ4n) is 4.47. The largest absolute Gasteiger partial charge is 0.492 e. The Bertz CT molecular complexity index is 1380. The first kappa shape index (κ1) is 21.8. The Kier molecular flexibility index (Phi) is 5.57. The van der Waals surface area contributed by atoms with E-state index in [1.54, 1.807) is 20.2 Å². The van der Waals surface area contributed by atoms with Crippen LogP contribution in [0.15, 0.2) is 94.5 Å². The number of benzene rings is 1. The molecule has 0 aliphatic heterocycles. The zero-order valence-electron chi connectivity index (χ0n) is 19.4. The molecule has 1 amide bonds. The van der Waals surface area contributed by atoms with Gasteiger partial charge in [0.2, 0.25) is 0 Å². The van der Waals surface area contributed by atoms with Crippen molar-refractivity contribution in [1.29, 1.82) is 0 Å². The van der Waals surface area contributed by atoms with E-state index in [1.807, 2.05) is 54.6 Å². The number of carbonyl (C=O) groups is 1. The lowest BCUT2D eigenvalue weighted by atomic mass is 9.72. The van der Waals surface area contributed by atoms with Gasteiger partial charge in [0, 0.05) is 42.1 Å². The number of nitrogens with zero attached hydrogens (tertiary/aromatic N) is 1. The van der Waals surface area contributed by atoms with E-state index in [2.05, 4.69) is 29.4 Å². The number of allylic oxidation sites excluding steroid dienone is 7. The third kappa shape index (κ3) is 4.03. The van der Waals surface area contributed by atoms with Gasteiger partial charge in [-0.3, -0.25) is 9.78 Å². The molecule has 2 aliphatic carbocycles. The number of rotatable bonds is 6. The molecule has 6 nitrogen and oxygen atoms in total. The molecule has 34 heavy (non-hydrogen) atoms. The average molecular weight is 455 g/mol. The Labute approximate surface area is 198 Å². The zero-order chi connectivity index (χ0) is 23.7. The van der Waals surface area contributed by atoms with Crippen LogP contribution in [0.25, 0.3) is 11.0 Å². The molecule has 2 aliphatic rings. The fraction of sp³-hybridized carbons (Fsp3) is 0.214. The highest BCUT2D eigenvalue weighted by atomic mass is 16.5.